The monoisotopic (exact) mass is 348 g/mol. The molecule has 1 N–H and O–H groups in total. The predicted molar refractivity (Wildman–Crippen MR) is 99.4 cm³/mol. The molecule has 0 fully saturated rings. The van der Waals surface area contributed by atoms with Crippen molar-refractivity contribution >= 4 is 45.6 Å². The molecule has 4 nitrogen and oxygen atoms in total. The lowest BCUT2D eigenvalue weighted by Crippen LogP contribution is -2.32. The molecule has 3 aromatic rings. The Hall–Kier alpha value is -3.11. The number of imide groups is 1. The summed E-state index contributed by atoms with van der Waals surface area (Å²) < 4.78 is 0. The quantitative estimate of drug-likeness (QED) is 0.719. The number of benzene rings is 3. The number of hydrogen-bond acceptors (Lipinski definition) is 3. The highest BCUT2D eigenvalue weighted by atomic mass is 35.5. The third-order valence-corrected chi connectivity index (χ3v) is 4.43. The number of carbonyl (C=O) groups is 2. The summed E-state index contributed by atoms with van der Waals surface area (Å²) in [5.41, 5.74) is 1.30. The zero-order chi connectivity index (χ0) is 17.4. The van der Waals surface area contributed by atoms with Gasteiger partial charge in [0.1, 0.15) is 10.7 Å². The van der Waals surface area contributed by atoms with Crippen LogP contribution in [0.3, 0.4) is 0 Å². The molecule has 3 aromatic carbocycles. The largest absolute Gasteiger partial charge is 0.350 e. The second-order valence-corrected chi connectivity index (χ2v) is 6.00. The molecule has 0 atom stereocenters. The van der Waals surface area contributed by atoms with E-state index >= 15 is 0 Å². The van der Waals surface area contributed by atoms with Crippen LogP contribution in [0.4, 0.5) is 11.4 Å². The van der Waals surface area contributed by atoms with E-state index in [0.717, 1.165) is 15.7 Å². The lowest BCUT2D eigenvalue weighted by Gasteiger charge is -2.17. The van der Waals surface area contributed by atoms with Crippen LogP contribution >= 0.6 is 11.6 Å². The molecule has 0 radical (unpaired) electrons. The number of fused-ring (bicyclic) bond motifs is 1. The molecule has 0 bridgehead atoms. The van der Waals surface area contributed by atoms with Crippen LogP contribution < -0.4 is 10.2 Å². The van der Waals surface area contributed by atoms with Crippen molar-refractivity contribution in [1.29, 1.82) is 0 Å². The van der Waals surface area contributed by atoms with Gasteiger partial charge in [0.25, 0.3) is 11.8 Å². The average Bonchev–Trinajstić information content (AvgIpc) is 2.86. The number of nitrogens with one attached hydrogen (secondary N) is 1. The summed E-state index contributed by atoms with van der Waals surface area (Å²) >= 11 is 6.17. The molecular formula is C20H13ClN2O2. The third-order valence-electron chi connectivity index (χ3n) is 4.08. The Bertz CT molecular complexity index is 1020. The molecule has 2 amide bonds. The molecule has 0 aliphatic carbocycles. The van der Waals surface area contributed by atoms with Crippen LogP contribution in [-0.2, 0) is 9.59 Å². The molecular weight excluding hydrogens is 336 g/mol. The summed E-state index contributed by atoms with van der Waals surface area (Å²) in [4.78, 5) is 26.6. The minimum Gasteiger partial charge on any atom is -0.350 e. The minimum absolute atomic E-state index is 0.0887. The number of halogens is 1. The van der Waals surface area contributed by atoms with Gasteiger partial charge in [0.15, 0.2) is 0 Å². The molecule has 122 valence electrons. The van der Waals surface area contributed by atoms with E-state index in [4.69, 9.17) is 11.6 Å². The Morgan fingerprint density at radius 2 is 1.44 bits per heavy atom. The van der Waals surface area contributed by atoms with Gasteiger partial charge in [-0.25, -0.2) is 4.90 Å². The fourth-order valence-electron chi connectivity index (χ4n) is 2.90. The van der Waals surface area contributed by atoms with Gasteiger partial charge in [-0.2, -0.15) is 0 Å². The first-order valence-electron chi connectivity index (χ1n) is 7.75. The van der Waals surface area contributed by atoms with Crippen molar-refractivity contribution in [2.75, 3.05) is 10.2 Å². The number of nitrogens with zero attached hydrogens (tertiary/aromatic N) is 1. The van der Waals surface area contributed by atoms with Gasteiger partial charge in [-0.1, -0.05) is 66.2 Å². The van der Waals surface area contributed by atoms with E-state index in [2.05, 4.69) is 5.32 Å². The number of para-hydroxylation sites is 1. The topological polar surface area (TPSA) is 49.4 Å². The number of rotatable bonds is 3. The smallest absolute Gasteiger partial charge is 0.283 e. The van der Waals surface area contributed by atoms with Crippen LogP contribution in [0.5, 0.6) is 0 Å². The van der Waals surface area contributed by atoms with E-state index in [0.29, 0.717) is 11.4 Å². The van der Waals surface area contributed by atoms with Crippen LogP contribution in [0.1, 0.15) is 0 Å². The fraction of sp³-hybridized carbons (Fsp3) is 0. The average molecular weight is 349 g/mol. The lowest BCUT2D eigenvalue weighted by molar-refractivity contribution is -0.120. The maximum Gasteiger partial charge on any atom is 0.283 e. The Kier molecular flexibility index (Phi) is 3.75. The van der Waals surface area contributed by atoms with Crippen molar-refractivity contribution in [2.24, 2.45) is 0 Å². The van der Waals surface area contributed by atoms with Crippen molar-refractivity contribution in [2.45, 2.75) is 0 Å². The number of anilines is 2. The highest BCUT2D eigenvalue weighted by Crippen LogP contribution is 2.34. The minimum atomic E-state index is -0.526. The van der Waals surface area contributed by atoms with Crippen molar-refractivity contribution in [3.63, 3.8) is 0 Å². The van der Waals surface area contributed by atoms with Gasteiger partial charge < -0.3 is 5.32 Å². The molecule has 5 heteroatoms. The maximum atomic E-state index is 12.9. The molecule has 1 heterocycles. The van der Waals surface area contributed by atoms with Gasteiger partial charge >= 0.3 is 0 Å². The van der Waals surface area contributed by atoms with E-state index in [1.54, 1.807) is 18.2 Å². The van der Waals surface area contributed by atoms with E-state index in [1.165, 1.54) is 0 Å². The number of hydrogen-bond donors (Lipinski definition) is 1. The normalized spacial score (nSPS) is 14.5. The Balaban J connectivity index is 1.76. The number of amides is 2. The van der Waals surface area contributed by atoms with Crippen molar-refractivity contribution < 1.29 is 9.59 Å². The summed E-state index contributed by atoms with van der Waals surface area (Å²) in [6.45, 7) is 0. The predicted octanol–water partition coefficient (Wildman–Crippen LogP) is 4.28. The zero-order valence-corrected chi connectivity index (χ0v) is 13.8. The SMILES string of the molecule is O=C1C(Cl)=C(Nc2ccccc2)C(=O)N1c1cccc2ccccc12. The molecule has 0 saturated carbocycles. The summed E-state index contributed by atoms with van der Waals surface area (Å²) in [7, 11) is 0. The van der Waals surface area contributed by atoms with Gasteiger partial charge in [0.05, 0.1) is 5.69 Å². The molecule has 4 rings (SSSR count). The van der Waals surface area contributed by atoms with Gasteiger partial charge in [0, 0.05) is 11.1 Å². The van der Waals surface area contributed by atoms with Gasteiger partial charge in [-0.3, -0.25) is 9.59 Å². The van der Waals surface area contributed by atoms with Crippen molar-refractivity contribution in [3.8, 4) is 0 Å². The Morgan fingerprint density at radius 1 is 0.760 bits per heavy atom. The van der Waals surface area contributed by atoms with E-state index in [1.807, 2.05) is 54.6 Å². The maximum absolute atomic E-state index is 12.9. The van der Waals surface area contributed by atoms with Gasteiger partial charge in [-0.15, -0.1) is 0 Å². The molecule has 0 saturated heterocycles. The van der Waals surface area contributed by atoms with E-state index in [-0.39, 0.29) is 10.7 Å². The molecule has 0 spiro atoms. The zero-order valence-electron chi connectivity index (χ0n) is 13.1. The molecule has 25 heavy (non-hydrogen) atoms. The Morgan fingerprint density at radius 3 is 2.24 bits per heavy atom. The molecule has 1 aliphatic rings. The highest BCUT2D eigenvalue weighted by Gasteiger charge is 2.39. The van der Waals surface area contributed by atoms with Crippen LogP contribution in [0.25, 0.3) is 10.8 Å². The van der Waals surface area contributed by atoms with Crippen molar-refractivity contribution in [1.82, 2.24) is 0 Å². The van der Waals surface area contributed by atoms with E-state index in [9.17, 15) is 9.59 Å². The number of carbonyl (C=O) groups excluding carboxylic acids is 2. The standard InChI is InChI=1S/C20H13ClN2O2/c21-17-18(22-14-9-2-1-3-10-14)20(25)23(19(17)24)16-12-6-8-13-7-4-5-11-15(13)16/h1-12,22H. The summed E-state index contributed by atoms with van der Waals surface area (Å²) in [5.74, 6) is -0.989. The third kappa shape index (κ3) is 2.57. The van der Waals surface area contributed by atoms with Gasteiger partial charge in [0.2, 0.25) is 0 Å². The Labute approximate surface area is 149 Å². The first kappa shape index (κ1) is 15.4. The van der Waals surface area contributed by atoms with Crippen LogP contribution in [0.2, 0.25) is 0 Å². The van der Waals surface area contributed by atoms with E-state index < -0.39 is 11.8 Å². The van der Waals surface area contributed by atoms with Crippen LogP contribution in [-0.4, -0.2) is 11.8 Å². The second-order valence-electron chi connectivity index (χ2n) is 5.62. The highest BCUT2D eigenvalue weighted by molar-refractivity contribution is 6.53. The molecule has 1 aliphatic heterocycles. The molecule has 0 unspecified atom stereocenters. The van der Waals surface area contributed by atoms with Crippen LogP contribution in [0, 0.1) is 0 Å². The second kappa shape index (κ2) is 6.07. The van der Waals surface area contributed by atoms with Crippen molar-refractivity contribution in [3.05, 3.63) is 83.5 Å². The van der Waals surface area contributed by atoms with Crippen LogP contribution in [0.15, 0.2) is 83.5 Å². The lowest BCUT2D eigenvalue weighted by atomic mass is 10.1. The summed E-state index contributed by atoms with van der Waals surface area (Å²) in [5, 5.41) is 4.61. The summed E-state index contributed by atoms with van der Waals surface area (Å²) in [6, 6.07) is 22.2. The first-order valence-corrected chi connectivity index (χ1v) is 8.13. The molecule has 0 aromatic heterocycles. The summed E-state index contributed by atoms with van der Waals surface area (Å²) in [6.07, 6.45) is 0. The first-order chi connectivity index (χ1) is 12.2. The van der Waals surface area contributed by atoms with Gasteiger partial charge in [-0.05, 0) is 23.6 Å². The fourth-order valence-corrected chi connectivity index (χ4v) is 3.11.